The fourth-order valence-corrected chi connectivity index (χ4v) is 1.78. The zero-order chi connectivity index (χ0) is 13.4. The molecule has 1 rings (SSSR count). The fourth-order valence-electron chi connectivity index (χ4n) is 1.24. The van der Waals surface area contributed by atoms with Crippen LogP contribution in [0.5, 0.6) is 5.75 Å². The first-order valence-electron chi connectivity index (χ1n) is 5.74. The van der Waals surface area contributed by atoms with Gasteiger partial charge in [0.05, 0.1) is 6.61 Å². The standard InChI is InChI=1S/C11H15Cl3N2O2/c1-2-3-4-5-17-6-7-18-9-8(12)10(13)15-16-11(9)14/h2-7H2,1H3. The maximum Gasteiger partial charge on any atom is 0.195 e. The highest BCUT2D eigenvalue weighted by Gasteiger charge is 2.13. The first kappa shape index (κ1) is 15.8. The molecule has 0 saturated heterocycles. The molecule has 0 aliphatic heterocycles. The van der Waals surface area contributed by atoms with E-state index in [0.717, 1.165) is 13.0 Å². The molecule has 0 aromatic carbocycles. The molecule has 1 aromatic rings. The van der Waals surface area contributed by atoms with E-state index in [-0.39, 0.29) is 21.1 Å². The van der Waals surface area contributed by atoms with E-state index in [4.69, 9.17) is 44.3 Å². The Hall–Kier alpha value is -0.290. The number of unbranched alkanes of at least 4 members (excludes halogenated alkanes) is 2. The van der Waals surface area contributed by atoms with Gasteiger partial charge in [-0.2, -0.15) is 0 Å². The van der Waals surface area contributed by atoms with Crippen LogP contribution in [-0.2, 0) is 4.74 Å². The van der Waals surface area contributed by atoms with E-state index in [1.165, 1.54) is 12.8 Å². The summed E-state index contributed by atoms with van der Waals surface area (Å²) in [6, 6.07) is 0. The van der Waals surface area contributed by atoms with Crippen molar-refractivity contribution in [3.05, 3.63) is 15.3 Å². The van der Waals surface area contributed by atoms with Crippen LogP contribution in [0.3, 0.4) is 0 Å². The Morgan fingerprint density at radius 1 is 0.944 bits per heavy atom. The molecular formula is C11H15Cl3N2O2. The van der Waals surface area contributed by atoms with Crippen molar-refractivity contribution in [1.82, 2.24) is 10.2 Å². The second-order valence-corrected chi connectivity index (χ2v) is 4.69. The molecular weight excluding hydrogens is 298 g/mol. The molecule has 18 heavy (non-hydrogen) atoms. The minimum absolute atomic E-state index is 0.0694. The maximum atomic E-state index is 5.90. The van der Waals surface area contributed by atoms with Crippen molar-refractivity contribution in [3.63, 3.8) is 0 Å². The van der Waals surface area contributed by atoms with Gasteiger partial charge in [0, 0.05) is 6.61 Å². The summed E-state index contributed by atoms with van der Waals surface area (Å²) in [5.74, 6) is 0.246. The molecule has 0 radical (unpaired) electrons. The van der Waals surface area contributed by atoms with Crippen molar-refractivity contribution in [2.45, 2.75) is 26.2 Å². The van der Waals surface area contributed by atoms with Gasteiger partial charge in [-0.1, -0.05) is 54.6 Å². The highest BCUT2D eigenvalue weighted by Crippen LogP contribution is 2.34. The Kier molecular flexibility index (Phi) is 7.66. The SMILES string of the molecule is CCCCCOCCOc1c(Cl)nnc(Cl)c1Cl. The number of halogens is 3. The molecule has 1 aromatic heterocycles. The zero-order valence-electron chi connectivity index (χ0n) is 10.1. The van der Waals surface area contributed by atoms with E-state index in [9.17, 15) is 0 Å². The normalized spacial score (nSPS) is 10.7. The number of aromatic nitrogens is 2. The third-order valence-electron chi connectivity index (χ3n) is 2.16. The second kappa shape index (κ2) is 8.75. The quantitative estimate of drug-likeness (QED) is 0.680. The van der Waals surface area contributed by atoms with E-state index in [1.807, 2.05) is 0 Å². The highest BCUT2D eigenvalue weighted by molar-refractivity contribution is 6.43. The smallest absolute Gasteiger partial charge is 0.195 e. The van der Waals surface area contributed by atoms with Crippen LogP contribution >= 0.6 is 34.8 Å². The van der Waals surface area contributed by atoms with Crippen LogP contribution in [0.15, 0.2) is 0 Å². The lowest BCUT2D eigenvalue weighted by atomic mass is 10.3. The van der Waals surface area contributed by atoms with E-state index >= 15 is 0 Å². The van der Waals surface area contributed by atoms with Crippen LogP contribution in [-0.4, -0.2) is 30.0 Å². The molecule has 0 aliphatic carbocycles. The van der Waals surface area contributed by atoms with Crippen LogP contribution in [0.25, 0.3) is 0 Å². The molecule has 0 spiro atoms. The number of hydrogen-bond acceptors (Lipinski definition) is 4. The van der Waals surface area contributed by atoms with Gasteiger partial charge in [-0.25, -0.2) is 0 Å². The van der Waals surface area contributed by atoms with Crippen molar-refractivity contribution >= 4 is 34.8 Å². The van der Waals surface area contributed by atoms with Gasteiger partial charge < -0.3 is 9.47 Å². The minimum Gasteiger partial charge on any atom is -0.486 e. The predicted molar refractivity (Wildman–Crippen MR) is 72.9 cm³/mol. The van der Waals surface area contributed by atoms with Gasteiger partial charge in [-0.05, 0) is 6.42 Å². The van der Waals surface area contributed by atoms with E-state index in [0.29, 0.717) is 13.2 Å². The predicted octanol–water partition coefficient (Wildman–Crippen LogP) is 4.02. The summed E-state index contributed by atoms with van der Waals surface area (Å²) < 4.78 is 10.8. The molecule has 102 valence electrons. The fraction of sp³-hybridized carbons (Fsp3) is 0.636. The van der Waals surface area contributed by atoms with Crippen molar-refractivity contribution in [2.75, 3.05) is 19.8 Å². The average molecular weight is 314 g/mol. The van der Waals surface area contributed by atoms with Crippen molar-refractivity contribution in [2.24, 2.45) is 0 Å². The molecule has 0 atom stereocenters. The third-order valence-corrected chi connectivity index (χ3v) is 3.12. The molecule has 7 heteroatoms. The Balaban J connectivity index is 2.29. The van der Waals surface area contributed by atoms with Crippen LogP contribution < -0.4 is 4.74 Å². The van der Waals surface area contributed by atoms with Gasteiger partial charge in [-0.3, -0.25) is 0 Å². The van der Waals surface area contributed by atoms with E-state index < -0.39 is 0 Å². The van der Waals surface area contributed by atoms with Crippen molar-refractivity contribution < 1.29 is 9.47 Å². The monoisotopic (exact) mass is 312 g/mol. The van der Waals surface area contributed by atoms with E-state index in [2.05, 4.69) is 17.1 Å². The number of ether oxygens (including phenoxy) is 2. The molecule has 0 saturated carbocycles. The van der Waals surface area contributed by atoms with Crippen LogP contribution in [0.4, 0.5) is 0 Å². The number of hydrogen-bond donors (Lipinski definition) is 0. The van der Waals surface area contributed by atoms with E-state index in [1.54, 1.807) is 0 Å². The largest absolute Gasteiger partial charge is 0.486 e. The lowest BCUT2D eigenvalue weighted by molar-refractivity contribution is 0.0972. The van der Waals surface area contributed by atoms with Gasteiger partial charge in [-0.15, -0.1) is 10.2 Å². The minimum atomic E-state index is 0.0694. The first-order chi connectivity index (χ1) is 8.66. The highest BCUT2D eigenvalue weighted by atomic mass is 35.5. The summed E-state index contributed by atoms with van der Waals surface area (Å²) in [5, 5.41) is 7.50. The zero-order valence-corrected chi connectivity index (χ0v) is 12.4. The molecule has 0 fully saturated rings. The van der Waals surface area contributed by atoms with Gasteiger partial charge in [0.2, 0.25) is 0 Å². The average Bonchev–Trinajstić information content (AvgIpc) is 2.36. The summed E-state index contributed by atoms with van der Waals surface area (Å²) in [6.07, 6.45) is 3.40. The van der Waals surface area contributed by atoms with Crippen molar-refractivity contribution in [1.29, 1.82) is 0 Å². The Labute approximate surface area is 122 Å². The summed E-state index contributed by atoms with van der Waals surface area (Å²) in [6.45, 7) is 3.69. The molecule has 0 amide bonds. The molecule has 4 nitrogen and oxygen atoms in total. The van der Waals surface area contributed by atoms with Crippen LogP contribution in [0.2, 0.25) is 15.3 Å². The summed E-state index contributed by atoms with van der Waals surface area (Å²) >= 11 is 17.4. The van der Waals surface area contributed by atoms with Crippen LogP contribution in [0.1, 0.15) is 26.2 Å². The number of rotatable bonds is 8. The van der Waals surface area contributed by atoms with Gasteiger partial charge in [0.1, 0.15) is 11.6 Å². The van der Waals surface area contributed by atoms with Gasteiger partial charge in [0.15, 0.2) is 16.1 Å². The third kappa shape index (κ3) is 5.14. The first-order valence-corrected chi connectivity index (χ1v) is 6.88. The van der Waals surface area contributed by atoms with Gasteiger partial charge >= 0.3 is 0 Å². The molecule has 1 heterocycles. The maximum absolute atomic E-state index is 5.90. The molecule has 0 unspecified atom stereocenters. The lowest BCUT2D eigenvalue weighted by Gasteiger charge is -2.09. The Morgan fingerprint density at radius 2 is 1.67 bits per heavy atom. The molecule has 0 aliphatic rings. The second-order valence-electron chi connectivity index (χ2n) is 3.59. The lowest BCUT2D eigenvalue weighted by Crippen LogP contribution is -2.08. The van der Waals surface area contributed by atoms with Gasteiger partial charge in [0.25, 0.3) is 0 Å². The summed E-state index contributed by atoms with van der Waals surface area (Å²) in [4.78, 5) is 0. The number of nitrogens with zero attached hydrogens (tertiary/aromatic N) is 2. The molecule has 0 N–H and O–H groups in total. The summed E-state index contributed by atoms with van der Waals surface area (Å²) in [5.41, 5.74) is 0. The van der Waals surface area contributed by atoms with Crippen LogP contribution in [0, 0.1) is 0 Å². The van der Waals surface area contributed by atoms with Crippen molar-refractivity contribution in [3.8, 4) is 5.75 Å². The summed E-state index contributed by atoms with van der Waals surface area (Å²) in [7, 11) is 0. The Bertz CT molecular complexity index is 378. The Morgan fingerprint density at radius 3 is 2.39 bits per heavy atom. The topological polar surface area (TPSA) is 44.2 Å². The molecule has 0 bridgehead atoms.